The van der Waals surface area contributed by atoms with Crippen molar-refractivity contribution in [3.8, 4) is 5.75 Å². The molecule has 0 amide bonds. The second-order valence-corrected chi connectivity index (χ2v) is 4.92. The second-order valence-electron chi connectivity index (χ2n) is 4.92. The van der Waals surface area contributed by atoms with Crippen LogP contribution in [0.5, 0.6) is 5.75 Å². The molecule has 1 N–H and O–H groups in total. The Balaban J connectivity index is 1.86. The van der Waals surface area contributed by atoms with Crippen LogP contribution in [0.2, 0.25) is 0 Å². The van der Waals surface area contributed by atoms with Gasteiger partial charge in [-0.05, 0) is 30.5 Å². The van der Waals surface area contributed by atoms with Gasteiger partial charge in [0.05, 0.1) is 18.3 Å². The Hall–Kier alpha value is -2.03. The molecule has 0 spiro atoms. The molecule has 1 aliphatic rings. The molecule has 19 heavy (non-hydrogen) atoms. The SMILES string of the molecule is COc1ccc(NC2(c3ccccc3)CC2)c(F)c1. The molecule has 2 nitrogen and oxygen atoms in total. The van der Waals surface area contributed by atoms with Gasteiger partial charge in [0.2, 0.25) is 0 Å². The summed E-state index contributed by atoms with van der Waals surface area (Å²) < 4.78 is 19.0. The molecule has 98 valence electrons. The molecule has 0 aromatic heterocycles. The Morgan fingerprint density at radius 2 is 1.84 bits per heavy atom. The van der Waals surface area contributed by atoms with Crippen molar-refractivity contribution in [3.05, 3.63) is 59.9 Å². The minimum atomic E-state index is -0.276. The van der Waals surface area contributed by atoms with Crippen molar-refractivity contribution in [2.75, 3.05) is 12.4 Å². The van der Waals surface area contributed by atoms with Crippen LogP contribution in [0.4, 0.5) is 10.1 Å². The fourth-order valence-corrected chi connectivity index (χ4v) is 2.35. The zero-order valence-electron chi connectivity index (χ0n) is 10.8. The first-order chi connectivity index (χ1) is 9.23. The van der Waals surface area contributed by atoms with E-state index in [4.69, 9.17) is 4.74 Å². The predicted octanol–water partition coefficient (Wildman–Crippen LogP) is 3.94. The summed E-state index contributed by atoms with van der Waals surface area (Å²) in [5.41, 5.74) is 1.64. The summed E-state index contributed by atoms with van der Waals surface area (Å²) in [7, 11) is 1.54. The van der Waals surface area contributed by atoms with Crippen molar-refractivity contribution < 1.29 is 9.13 Å². The van der Waals surface area contributed by atoms with Gasteiger partial charge in [0, 0.05) is 6.07 Å². The fourth-order valence-electron chi connectivity index (χ4n) is 2.35. The van der Waals surface area contributed by atoms with Crippen LogP contribution in [-0.4, -0.2) is 7.11 Å². The first-order valence-electron chi connectivity index (χ1n) is 6.41. The van der Waals surface area contributed by atoms with Crippen LogP contribution in [0.1, 0.15) is 18.4 Å². The summed E-state index contributed by atoms with van der Waals surface area (Å²) in [6.07, 6.45) is 2.06. The van der Waals surface area contributed by atoms with Crippen LogP contribution in [0.25, 0.3) is 0 Å². The Morgan fingerprint density at radius 3 is 2.42 bits per heavy atom. The van der Waals surface area contributed by atoms with Gasteiger partial charge >= 0.3 is 0 Å². The van der Waals surface area contributed by atoms with Crippen molar-refractivity contribution in [2.45, 2.75) is 18.4 Å². The molecular weight excluding hydrogens is 241 g/mol. The van der Waals surface area contributed by atoms with E-state index in [0.29, 0.717) is 11.4 Å². The summed E-state index contributed by atoms with van der Waals surface area (Å²) in [5, 5.41) is 3.33. The van der Waals surface area contributed by atoms with Gasteiger partial charge in [0.15, 0.2) is 0 Å². The zero-order valence-corrected chi connectivity index (χ0v) is 10.8. The van der Waals surface area contributed by atoms with Crippen LogP contribution in [0.3, 0.4) is 0 Å². The molecule has 0 saturated heterocycles. The third-order valence-electron chi connectivity index (χ3n) is 3.63. The summed E-state index contributed by atoms with van der Waals surface area (Å²) in [6, 6.07) is 15.1. The molecule has 0 unspecified atom stereocenters. The van der Waals surface area contributed by atoms with Gasteiger partial charge < -0.3 is 10.1 Å². The van der Waals surface area contributed by atoms with Crippen LogP contribution in [-0.2, 0) is 5.54 Å². The molecule has 2 aromatic carbocycles. The van der Waals surface area contributed by atoms with Gasteiger partial charge in [-0.25, -0.2) is 4.39 Å². The average Bonchev–Trinajstić information content (AvgIpc) is 3.23. The van der Waals surface area contributed by atoms with Crippen LogP contribution < -0.4 is 10.1 Å². The second kappa shape index (κ2) is 4.57. The number of nitrogens with one attached hydrogen (secondary N) is 1. The molecule has 0 bridgehead atoms. The van der Waals surface area contributed by atoms with Crippen molar-refractivity contribution >= 4 is 5.69 Å². The highest BCUT2D eigenvalue weighted by Gasteiger charge is 2.44. The van der Waals surface area contributed by atoms with Crippen molar-refractivity contribution in [1.29, 1.82) is 0 Å². The van der Waals surface area contributed by atoms with Crippen molar-refractivity contribution in [3.63, 3.8) is 0 Å². The van der Waals surface area contributed by atoms with E-state index in [0.717, 1.165) is 12.8 Å². The molecule has 2 aromatic rings. The number of halogens is 1. The van der Waals surface area contributed by atoms with E-state index < -0.39 is 0 Å². The van der Waals surface area contributed by atoms with Gasteiger partial charge in [-0.15, -0.1) is 0 Å². The lowest BCUT2D eigenvalue weighted by molar-refractivity contribution is 0.411. The number of hydrogen-bond acceptors (Lipinski definition) is 2. The minimum absolute atomic E-state index is 0.101. The number of benzene rings is 2. The average molecular weight is 257 g/mol. The molecule has 0 radical (unpaired) electrons. The largest absolute Gasteiger partial charge is 0.497 e. The summed E-state index contributed by atoms with van der Waals surface area (Å²) >= 11 is 0. The van der Waals surface area contributed by atoms with Crippen LogP contribution >= 0.6 is 0 Å². The Kier molecular flexibility index (Phi) is 2.90. The molecule has 1 fully saturated rings. The van der Waals surface area contributed by atoms with Gasteiger partial charge in [0.25, 0.3) is 0 Å². The molecule has 0 aliphatic heterocycles. The molecule has 1 saturated carbocycles. The highest BCUT2D eigenvalue weighted by molar-refractivity contribution is 5.53. The highest BCUT2D eigenvalue weighted by Crippen LogP contribution is 2.48. The van der Waals surface area contributed by atoms with Crippen molar-refractivity contribution in [1.82, 2.24) is 0 Å². The van der Waals surface area contributed by atoms with Gasteiger partial charge in [-0.1, -0.05) is 30.3 Å². The van der Waals surface area contributed by atoms with E-state index in [9.17, 15) is 4.39 Å². The lowest BCUT2D eigenvalue weighted by Crippen LogP contribution is -2.19. The van der Waals surface area contributed by atoms with E-state index >= 15 is 0 Å². The van der Waals surface area contributed by atoms with E-state index in [1.807, 2.05) is 18.2 Å². The smallest absolute Gasteiger partial charge is 0.149 e. The Morgan fingerprint density at radius 1 is 1.11 bits per heavy atom. The van der Waals surface area contributed by atoms with Crippen LogP contribution in [0, 0.1) is 5.82 Å². The predicted molar refractivity (Wildman–Crippen MR) is 73.9 cm³/mol. The van der Waals surface area contributed by atoms with Gasteiger partial charge in [-0.2, -0.15) is 0 Å². The Labute approximate surface area is 112 Å². The normalized spacial score (nSPS) is 15.9. The van der Waals surface area contributed by atoms with E-state index in [1.165, 1.54) is 18.7 Å². The zero-order chi connectivity index (χ0) is 13.3. The maximum atomic E-state index is 14.0. The third kappa shape index (κ3) is 2.28. The monoisotopic (exact) mass is 257 g/mol. The van der Waals surface area contributed by atoms with E-state index in [2.05, 4.69) is 17.4 Å². The number of rotatable bonds is 4. The molecule has 3 heteroatoms. The number of methoxy groups -OCH3 is 1. The standard InChI is InChI=1S/C16H16FNO/c1-19-13-7-8-15(14(17)11-13)18-16(9-10-16)12-5-3-2-4-6-12/h2-8,11,18H,9-10H2,1H3. The van der Waals surface area contributed by atoms with Crippen LogP contribution in [0.15, 0.2) is 48.5 Å². The summed E-state index contributed by atoms with van der Waals surface area (Å²) in [5.74, 6) is 0.258. The third-order valence-corrected chi connectivity index (χ3v) is 3.63. The first kappa shape index (κ1) is 12.0. The Bertz CT molecular complexity index is 579. The fraction of sp³-hybridized carbons (Fsp3) is 0.250. The lowest BCUT2D eigenvalue weighted by Gasteiger charge is -2.20. The summed E-state index contributed by atoms with van der Waals surface area (Å²) in [4.78, 5) is 0. The quantitative estimate of drug-likeness (QED) is 0.895. The maximum absolute atomic E-state index is 14.0. The lowest BCUT2D eigenvalue weighted by atomic mass is 10.0. The number of ether oxygens (including phenoxy) is 1. The first-order valence-corrected chi connectivity index (χ1v) is 6.41. The van der Waals surface area contributed by atoms with E-state index in [1.54, 1.807) is 12.1 Å². The molecule has 0 atom stereocenters. The molecule has 1 aliphatic carbocycles. The summed E-state index contributed by atoms with van der Waals surface area (Å²) in [6.45, 7) is 0. The van der Waals surface area contributed by atoms with E-state index in [-0.39, 0.29) is 11.4 Å². The number of hydrogen-bond donors (Lipinski definition) is 1. The topological polar surface area (TPSA) is 21.3 Å². The molecule has 3 rings (SSSR count). The highest BCUT2D eigenvalue weighted by atomic mass is 19.1. The van der Waals surface area contributed by atoms with Crippen molar-refractivity contribution in [2.24, 2.45) is 0 Å². The maximum Gasteiger partial charge on any atom is 0.149 e. The van der Waals surface area contributed by atoms with Gasteiger partial charge in [-0.3, -0.25) is 0 Å². The minimum Gasteiger partial charge on any atom is -0.497 e. The molecular formula is C16H16FNO. The van der Waals surface area contributed by atoms with Gasteiger partial charge in [0.1, 0.15) is 11.6 Å². The number of anilines is 1. The molecule has 0 heterocycles.